The number of fused-ring (bicyclic) bond motifs is 3. The van der Waals surface area contributed by atoms with Gasteiger partial charge in [0, 0.05) is 25.0 Å². The molecule has 1 fully saturated rings. The van der Waals surface area contributed by atoms with E-state index in [2.05, 4.69) is 4.98 Å². The Bertz CT molecular complexity index is 875. The normalized spacial score (nSPS) is 16.2. The highest BCUT2D eigenvalue weighted by molar-refractivity contribution is 7.18. The van der Waals surface area contributed by atoms with Gasteiger partial charge in [0.25, 0.3) is 5.91 Å². The van der Waals surface area contributed by atoms with Crippen molar-refractivity contribution in [3.63, 3.8) is 0 Å². The molecule has 120 valence electrons. The van der Waals surface area contributed by atoms with Gasteiger partial charge in [0.05, 0.1) is 11.0 Å². The molecule has 1 aliphatic carbocycles. The first-order valence-corrected chi connectivity index (χ1v) is 8.89. The van der Waals surface area contributed by atoms with E-state index in [0.717, 1.165) is 33.7 Å². The lowest BCUT2D eigenvalue weighted by atomic mass is 9.94. The van der Waals surface area contributed by atoms with Crippen molar-refractivity contribution >= 4 is 38.9 Å². The van der Waals surface area contributed by atoms with Gasteiger partial charge in [-0.25, -0.2) is 4.98 Å². The van der Waals surface area contributed by atoms with Crippen LogP contribution in [-0.2, 0) is 0 Å². The van der Waals surface area contributed by atoms with Gasteiger partial charge < -0.3 is 10.6 Å². The molecule has 0 radical (unpaired) electrons. The standard InChI is InChI=1S/C17H20N4OS/c1-20(12-5-3-2-4-6-12)16(22)15-10-21-14-9-11(18)7-8-13(14)19-17(21)23-15/h7-10,12H,2-6,18H2,1H3. The van der Waals surface area contributed by atoms with Gasteiger partial charge in [0.1, 0.15) is 4.88 Å². The number of carbonyl (C=O) groups excluding carboxylic acids is 1. The largest absolute Gasteiger partial charge is 0.399 e. The van der Waals surface area contributed by atoms with Crippen molar-refractivity contribution < 1.29 is 4.79 Å². The molecule has 0 unspecified atom stereocenters. The van der Waals surface area contributed by atoms with Crippen LogP contribution in [0.5, 0.6) is 0 Å². The van der Waals surface area contributed by atoms with Crippen LogP contribution >= 0.6 is 11.3 Å². The maximum Gasteiger partial charge on any atom is 0.265 e. The molecule has 2 N–H and O–H groups in total. The van der Waals surface area contributed by atoms with Crippen LogP contribution in [0.15, 0.2) is 24.4 Å². The van der Waals surface area contributed by atoms with Crippen LogP contribution in [0.3, 0.4) is 0 Å². The summed E-state index contributed by atoms with van der Waals surface area (Å²) in [5, 5.41) is 0. The molecule has 0 bridgehead atoms. The molecule has 1 amide bonds. The van der Waals surface area contributed by atoms with E-state index in [-0.39, 0.29) is 5.91 Å². The summed E-state index contributed by atoms with van der Waals surface area (Å²) in [5.74, 6) is 0.101. The van der Waals surface area contributed by atoms with Crippen molar-refractivity contribution in [2.75, 3.05) is 12.8 Å². The number of benzene rings is 1. The van der Waals surface area contributed by atoms with Crippen molar-refractivity contribution in [1.82, 2.24) is 14.3 Å². The maximum absolute atomic E-state index is 12.8. The third kappa shape index (κ3) is 2.47. The number of aromatic nitrogens is 2. The molecule has 5 nitrogen and oxygen atoms in total. The lowest BCUT2D eigenvalue weighted by Crippen LogP contribution is -2.37. The molecule has 23 heavy (non-hydrogen) atoms. The van der Waals surface area contributed by atoms with Crippen LogP contribution in [-0.4, -0.2) is 33.3 Å². The van der Waals surface area contributed by atoms with E-state index in [1.807, 2.05) is 40.7 Å². The SMILES string of the molecule is CN(C(=O)c1cn2c(nc3ccc(N)cc32)s1)C1CCCCC1. The molecule has 3 aromatic rings. The van der Waals surface area contributed by atoms with E-state index < -0.39 is 0 Å². The van der Waals surface area contributed by atoms with Crippen molar-refractivity contribution in [2.45, 2.75) is 38.1 Å². The third-order valence-corrected chi connectivity index (χ3v) is 5.75. The number of carbonyl (C=O) groups is 1. The zero-order valence-electron chi connectivity index (χ0n) is 13.2. The van der Waals surface area contributed by atoms with Crippen LogP contribution in [0.1, 0.15) is 41.8 Å². The maximum atomic E-state index is 12.8. The van der Waals surface area contributed by atoms with Crippen molar-refractivity contribution in [2.24, 2.45) is 0 Å². The monoisotopic (exact) mass is 328 g/mol. The van der Waals surface area contributed by atoms with Crippen molar-refractivity contribution in [3.8, 4) is 0 Å². The van der Waals surface area contributed by atoms with Crippen LogP contribution in [0.25, 0.3) is 16.0 Å². The lowest BCUT2D eigenvalue weighted by Gasteiger charge is -2.30. The fourth-order valence-electron chi connectivity index (χ4n) is 3.43. The van der Waals surface area contributed by atoms with Crippen LogP contribution in [0.4, 0.5) is 5.69 Å². The Morgan fingerprint density at radius 1 is 1.35 bits per heavy atom. The predicted molar refractivity (Wildman–Crippen MR) is 94.0 cm³/mol. The molecule has 2 aromatic heterocycles. The molecule has 1 aliphatic rings. The van der Waals surface area contributed by atoms with E-state index >= 15 is 0 Å². The molecule has 2 heterocycles. The molecule has 6 heteroatoms. The number of nitrogen functional groups attached to an aromatic ring is 1. The predicted octanol–water partition coefficient (Wildman–Crippen LogP) is 3.54. The summed E-state index contributed by atoms with van der Waals surface area (Å²) in [7, 11) is 1.93. The van der Waals surface area contributed by atoms with Crippen molar-refractivity contribution in [1.29, 1.82) is 0 Å². The lowest BCUT2D eigenvalue weighted by molar-refractivity contribution is 0.0701. The highest BCUT2D eigenvalue weighted by atomic mass is 32.1. The number of hydrogen-bond donors (Lipinski definition) is 1. The fourth-order valence-corrected chi connectivity index (χ4v) is 4.41. The molecule has 1 aromatic carbocycles. The summed E-state index contributed by atoms with van der Waals surface area (Å²) in [6, 6.07) is 6.04. The van der Waals surface area contributed by atoms with Crippen LogP contribution in [0.2, 0.25) is 0 Å². The summed E-state index contributed by atoms with van der Waals surface area (Å²) in [4.78, 5) is 20.9. The van der Waals surface area contributed by atoms with E-state index in [1.165, 1.54) is 30.6 Å². The summed E-state index contributed by atoms with van der Waals surface area (Å²) in [5.41, 5.74) is 8.44. The van der Waals surface area contributed by atoms with Gasteiger partial charge >= 0.3 is 0 Å². The quantitative estimate of drug-likeness (QED) is 0.732. The van der Waals surface area contributed by atoms with Gasteiger partial charge in [-0.15, -0.1) is 0 Å². The summed E-state index contributed by atoms with van der Waals surface area (Å²) >= 11 is 1.45. The number of imidazole rings is 1. The average molecular weight is 328 g/mol. The highest BCUT2D eigenvalue weighted by Gasteiger charge is 2.25. The number of rotatable bonds is 2. The molecule has 0 atom stereocenters. The van der Waals surface area contributed by atoms with Crippen molar-refractivity contribution in [3.05, 3.63) is 29.3 Å². The average Bonchev–Trinajstić information content (AvgIpc) is 3.12. The first-order chi connectivity index (χ1) is 11.1. The Morgan fingerprint density at radius 2 is 2.13 bits per heavy atom. The third-order valence-electron chi connectivity index (χ3n) is 4.78. The minimum Gasteiger partial charge on any atom is -0.399 e. The summed E-state index contributed by atoms with van der Waals surface area (Å²) in [6.07, 6.45) is 7.86. The Hall–Kier alpha value is -2.08. The summed E-state index contributed by atoms with van der Waals surface area (Å²) < 4.78 is 1.97. The zero-order valence-corrected chi connectivity index (χ0v) is 14.0. The minimum atomic E-state index is 0.101. The minimum absolute atomic E-state index is 0.101. The topological polar surface area (TPSA) is 63.6 Å². The van der Waals surface area contributed by atoms with Gasteiger partial charge in [-0.3, -0.25) is 9.20 Å². The Kier molecular flexibility index (Phi) is 3.49. The number of thiazole rings is 1. The molecule has 4 rings (SSSR count). The van der Waals surface area contributed by atoms with E-state index in [1.54, 1.807) is 0 Å². The van der Waals surface area contributed by atoms with Gasteiger partial charge in [-0.1, -0.05) is 30.6 Å². The number of anilines is 1. The van der Waals surface area contributed by atoms with E-state index in [9.17, 15) is 4.79 Å². The second-order valence-corrected chi connectivity index (χ2v) is 7.32. The van der Waals surface area contributed by atoms with E-state index in [4.69, 9.17) is 5.73 Å². The molecular weight excluding hydrogens is 308 g/mol. The Balaban J connectivity index is 1.68. The molecule has 0 aliphatic heterocycles. The van der Waals surface area contributed by atoms with Crippen LogP contribution in [0, 0.1) is 0 Å². The Labute approximate surface area is 138 Å². The summed E-state index contributed by atoms with van der Waals surface area (Å²) in [6.45, 7) is 0. The second-order valence-electron chi connectivity index (χ2n) is 6.32. The number of nitrogens with zero attached hydrogens (tertiary/aromatic N) is 3. The first-order valence-electron chi connectivity index (χ1n) is 8.08. The smallest absolute Gasteiger partial charge is 0.265 e. The zero-order chi connectivity index (χ0) is 16.0. The number of nitrogens with two attached hydrogens (primary N) is 1. The van der Waals surface area contributed by atoms with Gasteiger partial charge in [0.15, 0.2) is 4.96 Å². The van der Waals surface area contributed by atoms with E-state index in [0.29, 0.717) is 11.7 Å². The molecule has 0 saturated heterocycles. The number of amides is 1. The first kappa shape index (κ1) is 14.5. The molecular formula is C17H20N4OS. The molecule has 1 saturated carbocycles. The second kappa shape index (κ2) is 5.53. The fraction of sp³-hybridized carbons (Fsp3) is 0.412. The number of hydrogen-bond acceptors (Lipinski definition) is 4. The molecule has 0 spiro atoms. The van der Waals surface area contributed by atoms with Gasteiger partial charge in [0.2, 0.25) is 0 Å². The van der Waals surface area contributed by atoms with Gasteiger partial charge in [-0.05, 0) is 31.0 Å². The Morgan fingerprint density at radius 3 is 2.91 bits per heavy atom. The van der Waals surface area contributed by atoms with Gasteiger partial charge in [-0.2, -0.15) is 0 Å². The van der Waals surface area contributed by atoms with Crippen LogP contribution < -0.4 is 5.73 Å². The highest BCUT2D eigenvalue weighted by Crippen LogP contribution is 2.28.